The van der Waals surface area contributed by atoms with E-state index in [2.05, 4.69) is 41.5 Å². The third kappa shape index (κ3) is 41.9. The van der Waals surface area contributed by atoms with Crippen LogP contribution in [0.15, 0.2) is 0 Å². The maximum atomic E-state index is 12.7. The first-order valence-corrected chi connectivity index (χ1v) is 24.1. The van der Waals surface area contributed by atoms with Gasteiger partial charge in [-0.1, -0.05) is 221 Å². The number of carbonyl (C=O) groups is 3. The van der Waals surface area contributed by atoms with Gasteiger partial charge in [0.1, 0.15) is 13.2 Å². The van der Waals surface area contributed by atoms with E-state index in [1.807, 2.05) is 0 Å². The molecule has 0 spiro atoms. The predicted molar refractivity (Wildman–Crippen MR) is 233 cm³/mol. The summed E-state index contributed by atoms with van der Waals surface area (Å²) in [7, 11) is 0. The van der Waals surface area contributed by atoms with Crippen molar-refractivity contribution in [1.29, 1.82) is 0 Å². The molecule has 0 radical (unpaired) electrons. The quantitative estimate of drug-likeness (QED) is 0.0349. The summed E-state index contributed by atoms with van der Waals surface area (Å²) < 4.78 is 16.7. The van der Waals surface area contributed by atoms with Gasteiger partial charge in [0.15, 0.2) is 6.10 Å². The van der Waals surface area contributed by atoms with Crippen molar-refractivity contribution in [1.82, 2.24) is 0 Å². The van der Waals surface area contributed by atoms with Gasteiger partial charge in [-0.3, -0.25) is 14.4 Å². The lowest BCUT2D eigenvalue weighted by Gasteiger charge is -2.18. The van der Waals surface area contributed by atoms with Crippen LogP contribution in [0.1, 0.15) is 260 Å². The van der Waals surface area contributed by atoms with Gasteiger partial charge in [-0.05, 0) is 37.0 Å². The fourth-order valence-corrected chi connectivity index (χ4v) is 7.20. The summed E-state index contributed by atoms with van der Waals surface area (Å²) >= 11 is 0. The zero-order chi connectivity index (χ0) is 40.6. The van der Waals surface area contributed by atoms with E-state index in [0.29, 0.717) is 19.3 Å². The van der Waals surface area contributed by atoms with E-state index in [1.54, 1.807) is 0 Å². The number of carbonyl (C=O) groups excluding carboxylic acids is 3. The Morgan fingerprint density at radius 3 is 0.945 bits per heavy atom. The predicted octanol–water partition coefficient (Wildman–Crippen LogP) is 15.2. The molecule has 0 fully saturated rings. The summed E-state index contributed by atoms with van der Waals surface area (Å²) in [6, 6.07) is 0. The van der Waals surface area contributed by atoms with Crippen LogP contribution < -0.4 is 0 Å². The van der Waals surface area contributed by atoms with E-state index in [-0.39, 0.29) is 31.1 Å². The van der Waals surface area contributed by atoms with Crippen LogP contribution in [-0.2, 0) is 28.6 Å². The molecule has 0 amide bonds. The lowest BCUT2D eigenvalue weighted by atomic mass is 10.00. The molecule has 0 heterocycles. The number of ether oxygens (including phenoxy) is 3. The molecule has 0 aliphatic heterocycles. The van der Waals surface area contributed by atoms with E-state index < -0.39 is 6.10 Å². The van der Waals surface area contributed by atoms with E-state index in [9.17, 15) is 14.4 Å². The summed E-state index contributed by atoms with van der Waals surface area (Å²) in [6.45, 7) is 13.6. The van der Waals surface area contributed by atoms with Gasteiger partial charge in [-0.2, -0.15) is 0 Å². The first-order chi connectivity index (χ1) is 26.6. The van der Waals surface area contributed by atoms with Crippen LogP contribution in [0, 0.1) is 17.8 Å². The van der Waals surface area contributed by atoms with Crippen molar-refractivity contribution in [3.8, 4) is 0 Å². The topological polar surface area (TPSA) is 78.9 Å². The molecular weight excluding hydrogens is 685 g/mol. The molecule has 0 aliphatic carbocycles. The minimum atomic E-state index is -0.762. The summed E-state index contributed by atoms with van der Waals surface area (Å²) in [5.74, 6) is 1.59. The lowest BCUT2D eigenvalue weighted by Crippen LogP contribution is -2.30. The first-order valence-electron chi connectivity index (χ1n) is 24.1. The molecule has 0 bridgehead atoms. The largest absolute Gasteiger partial charge is 0.462 e. The Morgan fingerprint density at radius 1 is 0.364 bits per heavy atom. The fraction of sp³-hybridized carbons (Fsp3) is 0.939. The van der Waals surface area contributed by atoms with Crippen molar-refractivity contribution in [2.75, 3.05) is 13.2 Å². The first kappa shape index (κ1) is 53.4. The fourth-order valence-electron chi connectivity index (χ4n) is 7.20. The Bertz CT molecular complexity index is 854. The van der Waals surface area contributed by atoms with Crippen LogP contribution in [0.25, 0.3) is 0 Å². The van der Waals surface area contributed by atoms with Gasteiger partial charge >= 0.3 is 17.9 Å². The molecule has 1 unspecified atom stereocenters. The van der Waals surface area contributed by atoms with Gasteiger partial charge in [0, 0.05) is 19.3 Å². The van der Waals surface area contributed by atoms with Gasteiger partial charge in [0.25, 0.3) is 0 Å². The molecule has 6 nitrogen and oxygen atoms in total. The van der Waals surface area contributed by atoms with Crippen LogP contribution in [-0.4, -0.2) is 37.2 Å². The molecule has 0 rings (SSSR count). The summed E-state index contributed by atoms with van der Waals surface area (Å²) in [5, 5.41) is 0. The second-order valence-corrected chi connectivity index (χ2v) is 17.9. The summed E-state index contributed by atoms with van der Waals surface area (Å²) in [5.41, 5.74) is 0. The van der Waals surface area contributed by atoms with Crippen molar-refractivity contribution in [3.63, 3.8) is 0 Å². The molecule has 55 heavy (non-hydrogen) atoms. The van der Waals surface area contributed by atoms with E-state index >= 15 is 0 Å². The molecule has 0 aromatic carbocycles. The highest BCUT2D eigenvalue weighted by molar-refractivity contribution is 5.71. The third-order valence-corrected chi connectivity index (χ3v) is 11.3. The standard InChI is InChI=1S/C49H94O6/c1-7-45(6)37-31-25-21-22-27-33-39-48(51)54-42-46(41-53-47(50)38-32-26-19-16-15-18-24-30-36-44(4)5)55-49(52)40-34-28-20-14-12-10-8-9-11-13-17-23-29-35-43(2)3/h43-46H,7-42H2,1-6H3/t45?,46-/m1/s1. The molecular formula is C49H94O6. The Balaban J connectivity index is 4.32. The van der Waals surface area contributed by atoms with Crippen LogP contribution in [0.2, 0.25) is 0 Å². The van der Waals surface area contributed by atoms with Gasteiger partial charge in [-0.15, -0.1) is 0 Å². The second kappa shape index (κ2) is 40.6. The van der Waals surface area contributed by atoms with Crippen LogP contribution >= 0.6 is 0 Å². The molecule has 0 saturated heterocycles. The molecule has 6 heteroatoms. The van der Waals surface area contributed by atoms with Crippen LogP contribution in [0.3, 0.4) is 0 Å². The minimum Gasteiger partial charge on any atom is -0.462 e. The number of rotatable bonds is 42. The molecule has 0 aromatic heterocycles. The molecule has 0 N–H and O–H groups in total. The molecule has 326 valence electrons. The maximum Gasteiger partial charge on any atom is 0.306 e. The van der Waals surface area contributed by atoms with Gasteiger partial charge in [-0.25, -0.2) is 0 Å². The van der Waals surface area contributed by atoms with Gasteiger partial charge < -0.3 is 14.2 Å². The van der Waals surface area contributed by atoms with E-state index in [4.69, 9.17) is 14.2 Å². The molecule has 0 aliphatic rings. The third-order valence-electron chi connectivity index (χ3n) is 11.3. The Morgan fingerprint density at radius 2 is 0.636 bits per heavy atom. The Kier molecular flexibility index (Phi) is 39.4. The Labute approximate surface area is 342 Å². The highest BCUT2D eigenvalue weighted by Crippen LogP contribution is 2.17. The average molecular weight is 779 g/mol. The highest BCUT2D eigenvalue weighted by atomic mass is 16.6. The minimum absolute atomic E-state index is 0.0665. The van der Waals surface area contributed by atoms with Crippen LogP contribution in [0.5, 0.6) is 0 Å². The van der Waals surface area contributed by atoms with Crippen molar-refractivity contribution in [2.45, 2.75) is 266 Å². The van der Waals surface area contributed by atoms with Gasteiger partial charge in [0.2, 0.25) is 0 Å². The molecule has 2 atom stereocenters. The number of hydrogen-bond acceptors (Lipinski definition) is 6. The lowest BCUT2D eigenvalue weighted by molar-refractivity contribution is -0.167. The zero-order valence-electron chi connectivity index (χ0n) is 37.7. The highest BCUT2D eigenvalue weighted by Gasteiger charge is 2.19. The van der Waals surface area contributed by atoms with Gasteiger partial charge in [0.05, 0.1) is 0 Å². The van der Waals surface area contributed by atoms with Crippen molar-refractivity contribution < 1.29 is 28.6 Å². The number of hydrogen-bond donors (Lipinski definition) is 0. The summed E-state index contributed by atoms with van der Waals surface area (Å²) in [4.78, 5) is 37.8. The SMILES string of the molecule is CCC(C)CCCCCCCCC(=O)OC[C@@H](COC(=O)CCCCCCCCCCC(C)C)OC(=O)CCCCCCCCCCCCCCCC(C)C. The maximum absolute atomic E-state index is 12.7. The van der Waals surface area contributed by atoms with Crippen molar-refractivity contribution in [3.05, 3.63) is 0 Å². The van der Waals surface area contributed by atoms with E-state index in [1.165, 1.54) is 141 Å². The van der Waals surface area contributed by atoms with Crippen molar-refractivity contribution >= 4 is 17.9 Å². The number of unbranched alkanes of at least 4 members (excludes halogenated alkanes) is 24. The van der Waals surface area contributed by atoms with E-state index in [0.717, 1.165) is 75.5 Å². The monoisotopic (exact) mass is 779 g/mol. The van der Waals surface area contributed by atoms with Crippen molar-refractivity contribution in [2.24, 2.45) is 17.8 Å². The molecule has 0 aromatic rings. The average Bonchev–Trinajstić information content (AvgIpc) is 3.15. The second-order valence-electron chi connectivity index (χ2n) is 17.9. The van der Waals surface area contributed by atoms with Crippen LogP contribution in [0.4, 0.5) is 0 Å². The zero-order valence-corrected chi connectivity index (χ0v) is 37.7. The summed E-state index contributed by atoms with van der Waals surface area (Å²) in [6.07, 6.45) is 38.1. The number of esters is 3. The normalized spacial score (nSPS) is 12.7. The Hall–Kier alpha value is -1.59. The smallest absolute Gasteiger partial charge is 0.306 e. The molecule has 0 saturated carbocycles.